The van der Waals surface area contributed by atoms with Crippen LogP contribution in [-0.2, 0) is 4.79 Å². The highest BCUT2D eigenvalue weighted by Gasteiger charge is 2.26. The lowest BCUT2D eigenvalue weighted by molar-refractivity contribution is -0.132. The highest BCUT2D eigenvalue weighted by molar-refractivity contribution is 5.90. The van der Waals surface area contributed by atoms with Gasteiger partial charge in [0.25, 0.3) is 0 Å². The van der Waals surface area contributed by atoms with Crippen LogP contribution in [0.5, 0.6) is 11.5 Å². The Morgan fingerprint density at radius 3 is 2.69 bits per heavy atom. The number of carboxylic acid groups (broad SMARTS) is 1. The van der Waals surface area contributed by atoms with Crippen molar-refractivity contribution in [1.29, 1.82) is 0 Å². The summed E-state index contributed by atoms with van der Waals surface area (Å²) in [6, 6.07) is 16.6. The Balaban J connectivity index is 1.72. The van der Waals surface area contributed by atoms with Crippen molar-refractivity contribution in [2.75, 3.05) is 5.32 Å². The van der Waals surface area contributed by atoms with Gasteiger partial charge in [0.2, 0.25) is 5.95 Å². The summed E-state index contributed by atoms with van der Waals surface area (Å²) >= 11 is 0. The van der Waals surface area contributed by atoms with E-state index in [9.17, 15) is 9.90 Å². The molecule has 7 heteroatoms. The number of carbonyl (C=O) groups is 1. The third-order valence-electron chi connectivity index (χ3n) is 3.98. The first-order chi connectivity index (χ1) is 12.6. The van der Waals surface area contributed by atoms with E-state index in [1.807, 2.05) is 54.6 Å². The first-order valence-corrected chi connectivity index (χ1v) is 8.08. The lowest BCUT2D eigenvalue weighted by Gasteiger charge is -2.22. The van der Waals surface area contributed by atoms with Gasteiger partial charge in [-0.1, -0.05) is 30.3 Å². The van der Waals surface area contributed by atoms with E-state index >= 15 is 0 Å². The van der Waals surface area contributed by atoms with Crippen LogP contribution < -0.4 is 10.1 Å². The zero-order valence-corrected chi connectivity index (χ0v) is 14.0. The Morgan fingerprint density at radius 2 is 1.92 bits per heavy atom. The molecule has 0 spiro atoms. The van der Waals surface area contributed by atoms with Crippen molar-refractivity contribution in [3.63, 3.8) is 0 Å². The van der Waals surface area contributed by atoms with Crippen molar-refractivity contribution in [3.05, 3.63) is 77.8 Å². The van der Waals surface area contributed by atoms with Crippen molar-refractivity contribution < 1.29 is 14.6 Å². The molecule has 2 aromatic carbocycles. The summed E-state index contributed by atoms with van der Waals surface area (Å²) in [6.07, 6.45) is 1.62. The molecular weight excluding hydrogens is 332 g/mol. The minimum absolute atomic E-state index is 0.0734. The van der Waals surface area contributed by atoms with Gasteiger partial charge in [-0.15, -0.1) is 0 Å². The highest BCUT2D eigenvalue weighted by Crippen LogP contribution is 2.31. The molecule has 0 radical (unpaired) electrons. The summed E-state index contributed by atoms with van der Waals surface area (Å²) < 4.78 is 7.55. The topological polar surface area (TPSA) is 89.3 Å². The fourth-order valence-electron chi connectivity index (χ4n) is 2.85. The van der Waals surface area contributed by atoms with Crippen molar-refractivity contribution in [2.45, 2.75) is 13.0 Å². The molecule has 1 aliphatic heterocycles. The normalized spacial score (nSPS) is 15.6. The summed E-state index contributed by atoms with van der Waals surface area (Å²) in [5, 5.41) is 16.5. The predicted molar refractivity (Wildman–Crippen MR) is 95.2 cm³/mol. The van der Waals surface area contributed by atoms with Crippen molar-refractivity contribution in [1.82, 2.24) is 14.8 Å². The van der Waals surface area contributed by atoms with E-state index in [0.29, 0.717) is 17.5 Å². The molecule has 3 aromatic rings. The van der Waals surface area contributed by atoms with Gasteiger partial charge >= 0.3 is 5.97 Å². The molecule has 0 saturated heterocycles. The predicted octanol–water partition coefficient (Wildman–Crippen LogP) is 3.36. The van der Waals surface area contributed by atoms with E-state index in [0.717, 1.165) is 11.3 Å². The lowest BCUT2D eigenvalue weighted by Crippen LogP contribution is -2.24. The fourth-order valence-corrected chi connectivity index (χ4v) is 2.85. The number of anilines is 1. The van der Waals surface area contributed by atoms with Crippen LogP contribution in [0.2, 0.25) is 0 Å². The summed E-state index contributed by atoms with van der Waals surface area (Å²) in [5.74, 6) is 1.32. The van der Waals surface area contributed by atoms with Crippen LogP contribution >= 0.6 is 0 Å². The number of benzene rings is 2. The number of nitrogens with zero attached hydrogens (tertiary/aromatic N) is 3. The van der Waals surface area contributed by atoms with Crippen molar-refractivity contribution in [3.8, 4) is 11.5 Å². The number of fused-ring (bicyclic) bond motifs is 1. The van der Waals surface area contributed by atoms with Gasteiger partial charge in [0.05, 0.1) is 0 Å². The quantitative estimate of drug-likeness (QED) is 0.751. The summed E-state index contributed by atoms with van der Waals surface area (Å²) in [5.41, 5.74) is 0.925. The number of hydrogen-bond acceptors (Lipinski definition) is 5. The van der Waals surface area contributed by atoms with E-state index in [1.165, 1.54) is 0 Å². The summed E-state index contributed by atoms with van der Waals surface area (Å²) in [4.78, 5) is 15.7. The van der Waals surface area contributed by atoms with Crippen LogP contribution in [0.15, 0.2) is 66.4 Å². The molecule has 1 atom stereocenters. The van der Waals surface area contributed by atoms with Gasteiger partial charge in [-0.05, 0) is 42.8 Å². The van der Waals surface area contributed by atoms with Gasteiger partial charge in [-0.3, -0.25) is 0 Å². The summed E-state index contributed by atoms with van der Waals surface area (Å²) in [7, 11) is 0. The van der Waals surface area contributed by atoms with Crippen LogP contribution in [0.25, 0.3) is 0 Å². The Kier molecular flexibility index (Phi) is 3.89. The van der Waals surface area contributed by atoms with Gasteiger partial charge < -0.3 is 15.2 Å². The zero-order valence-electron chi connectivity index (χ0n) is 14.0. The molecule has 0 fully saturated rings. The Bertz CT molecular complexity index is 995. The largest absolute Gasteiger partial charge is 0.477 e. The SMILES string of the molecule is Cc1nc2n(n1)[C@H](c1cccc(Oc3ccccc3)c1)C=C(C(=O)O)N2. The number of aromatic nitrogens is 3. The molecular formula is C19H16N4O3. The van der Waals surface area contributed by atoms with Crippen molar-refractivity contribution in [2.24, 2.45) is 0 Å². The molecule has 2 heterocycles. The molecule has 7 nitrogen and oxygen atoms in total. The molecule has 1 aliphatic rings. The number of allylic oxidation sites excluding steroid dienone is 1. The number of nitrogens with one attached hydrogen (secondary N) is 1. The molecule has 0 unspecified atom stereocenters. The third-order valence-corrected chi connectivity index (χ3v) is 3.98. The summed E-state index contributed by atoms with van der Waals surface area (Å²) in [6.45, 7) is 1.76. The molecule has 4 rings (SSSR count). The van der Waals surface area contributed by atoms with Gasteiger partial charge in [0, 0.05) is 0 Å². The second kappa shape index (κ2) is 6.36. The Morgan fingerprint density at radius 1 is 1.15 bits per heavy atom. The van der Waals surface area contributed by atoms with E-state index < -0.39 is 12.0 Å². The minimum atomic E-state index is -1.04. The smallest absolute Gasteiger partial charge is 0.352 e. The average Bonchev–Trinajstić information content (AvgIpc) is 3.02. The van der Waals surface area contributed by atoms with Gasteiger partial charge in [-0.2, -0.15) is 10.1 Å². The maximum atomic E-state index is 11.4. The Hall–Kier alpha value is -3.61. The number of para-hydroxylation sites is 1. The van der Waals surface area contributed by atoms with E-state index in [2.05, 4.69) is 15.4 Å². The van der Waals surface area contributed by atoms with Gasteiger partial charge in [0.15, 0.2) is 0 Å². The van der Waals surface area contributed by atoms with E-state index in [4.69, 9.17) is 4.74 Å². The van der Waals surface area contributed by atoms with Crippen LogP contribution in [0.3, 0.4) is 0 Å². The van der Waals surface area contributed by atoms with Crippen molar-refractivity contribution >= 4 is 11.9 Å². The number of carboxylic acids is 1. The first-order valence-electron chi connectivity index (χ1n) is 8.08. The lowest BCUT2D eigenvalue weighted by atomic mass is 10.0. The van der Waals surface area contributed by atoms with E-state index in [1.54, 1.807) is 17.7 Å². The molecule has 0 aliphatic carbocycles. The van der Waals surface area contributed by atoms with Crippen LogP contribution in [0, 0.1) is 6.92 Å². The monoisotopic (exact) mass is 348 g/mol. The second-order valence-corrected chi connectivity index (χ2v) is 5.87. The van der Waals surface area contributed by atoms with Crippen LogP contribution in [-0.4, -0.2) is 25.8 Å². The number of hydrogen-bond donors (Lipinski definition) is 2. The fraction of sp³-hybridized carbons (Fsp3) is 0.105. The maximum absolute atomic E-state index is 11.4. The average molecular weight is 348 g/mol. The molecule has 0 amide bonds. The minimum Gasteiger partial charge on any atom is -0.477 e. The molecule has 130 valence electrons. The third kappa shape index (κ3) is 3.02. The zero-order chi connectivity index (χ0) is 18.1. The molecule has 1 aromatic heterocycles. The molecule has 0 saturated carbocycles. The van der Waals surface area contributed by atoms with Crippen LogP contribution in [0.1, 0.15) is 17.4 Å². The van der Waals surface area contributed by atoms with E-state index in [-0.39, 0.29) is 5.70 Å². The highest BCUT2D eigenvalue weighted by atomic mass is 16.5. The number of ether oxygens (including phenoxy) is 1. The first kappa shape index (κ1) is 15.9. The second-order valence-electron chi connectivity index (χ2n) is 5.87. The van der Waals surface area contributed by atoms with Gasteiger partial charge in [0.1, 0.15) is 29.1 Å². The number of aryl methyl sites for hydroxylation is 1. The molecule has 0 bridgehead atoms. The molecule has 2 N–H and O–H groups in total. The van der Waals surface area contributed by atoms with Gasteiger partial charge in [-0.25, -0.2) is 9.48 Å². The maximum Gasteiger partial charge on any atom is 0.352 e. The number of aliphatic carboxylic acids is 1. The molecule has 26 heavy (non-hydrogen) atoms. The van der Waals surface area contributed by atoms with Crippen LogP contribution in [0.4, 0.5) is 5.95 Å². The number of rotatable bonds is 4. The standard InChI is InChI=1S/C19H16N4O3/c1-12-20-19-21-16(18(24)25)11-17(23(19)22-12)13-6-5-9-15(10-13)26-14-7-3-2-4-8-14/h2-11,17H,1H3,(H,24,25)(H,20,21,22)/t17-/m0/s1. The Labute approximate surface area is 149 Å².